The van der Waals surface area contributed by atoms with E-state index in [1.165, 1.54) is 6.08 Å². The van der Waals surface area contributed by atoms with E-state index >= 15 is 0 Å². The van der Waals surface area contributed by atoms with Crippen LogP contribution in [0, 0.1) is 0 Å². The lowest BCUT2D eigenvalue weighted by Gasteiger charge is -2.25. The van der Waals surface area contributed by atoms with Crippen molar-refractivity contribution < 1.29 is 14.6 Å². The number of hydrogen-bond acceptors (Lipinski definition) is 3. The molecular weight excluding hydrogens is 278 g/mol. The van der Waals surface area contributed by atoms with Crippen LogP contribution in [0.2, 0.25) is 5.02 Å². The molecule has 2 rings (SSSR count). The Balaban J connectivity index is 1.85. The van der Waals surface area contributed by atoms with Crippen LogP contribution in [-0.2, 0) is 9.53 Å². The van der Waals surface area contributed by atoms with Gasteiger partial charge in [-0.15, -0.1) is 0 Å². The molecule has 2 N–H and O–H groups in total. The summed E-state index contributed by atoms with van der Waals surface area (Å²) >= 11 is 5.78. The summed E-state index contributed by atoms with van der Waals surface area (Å²) in [5.74, 6) is -0.243. The van der Waals surface area contributed by atoms with Crippen molar-refractivity contribution in [2.45, 2.75) is 25.0 Å². The number of rotatable bonds is 4. The normalized spacial score (nSPS) is 26.1. The van der Waals surface area contributed by atoms with Crippen molar-refractivity contribution in [3.63, 3.8) is 0 Å². The Labute approximate surface area is 123 Å². The van der Waals surface area contributed by atoms with Crippen LogP contribution in [0.5, 0.6) is 0 Å². The minimum absolute atomic E-state index is 0.192. The quantitative estimate of drug-likeness (QED) is 0.836. The van der Waals surface area contributed by atoms with Gasteiger partial charge in [0.1, 0.15) is 5.60 Å². The Bertz CT molecular complexity index is 500. The summed E-state index contributed by atoms with van der Waals surface area (Å²) in [6, 6.07) is 7.18. The van der Waals surface area contributed by atoms with Gasteiger partial charge in [0.05, 0.1) is 6.10 Å². The Morgan fingerprint density at radius 3 is 2.85 bits per heavy atom. The summed E-state index contributed by atoms with van der Waals surface area (Å²) in [6.07, 6.45) is 3.41. The number of carbonyl (C=O) groups is 1. The van der Waals surface area contributed by atoms with Gasteiger partial charge in [-0.25, -0.2) is 0 Å². The van der Waals surface area contributed by atoms with Crippen LogP contribution >= 0.6 is 11.6 Å². The first kappa shape index (κ1) is 15.0. The smallest absolute Gasteiger partial charge is 0.244 e. The van der Waals surface area contributed by atoms with Gasteiger partial charge in [0, 0.05) is 30.7 Å². The van der Waals surface area contributed by atoms with Gasteiger partial charge in [0.25, 0.3) is 0 Å². The second-order valence-electron chi connectivity index (χ2n) is 4.97. The highest BCUT2D eigenvalue weighted by Crippen LogP contribution is 2.24. The van der Waals surface area contributed by atoms with E-state index in [0.717, 1.165) is 5.56 Å². The fourth-order valence-corrected chi connectivity index (χ4v) is 2.17. The molecule has 0 spiro atoms. The maximum Gasteiger partial charge on any atom is 0.244 e. The minimum Gasteiger partial charge on any atom is -0.385 e. The molecule has 1 aliphatic heterocycles. The van der Waals surface area contributed by atoms with Crippen LogP contribution < -0.4 is 5.32 Å². The first-order chi connectivity index (χ1) is 9.49. The van der Waals surface area contributed by atoms with Crippen LogP contribution in [0.15, 0.2) is 30.3 Å². The van der Waals surface area contributed by atoms with E-state index in [1.807, 2.05) is 19.1 Å². The maximum atomic E-state index is 11.7. The zero-order valence-corrected chi connectivity index (χ0v) is 12.1. The molecule has 2 atom stereocenters. The molecule has 4 nitrogen and oxygen atoms in total. The molecule has 0 aliphatic carbocycles. The predicted molar refractivity (Wildman–Crippen MR) is 78.5 cm³/mol. The van der Waals surface area contributed by atoms with E-state index in [-0.39, 0.29) is 18.6 Å². The van der Waals surface area contributed by atoms with Gasteiger partial charge in [-0.2, -0.15) is 0 Å². The summed E-state index contributed by atoms with van der Waals surface area (Å²) in [7, 11) is 0. The van der Waals surface area contributed by atoms with Gasteiger partial charge >= 0.3 is 0 Å². The summed E-state index contributed by atoms with van der Waals surface area (Å²) in [6.45, 7) is 2.52. The average Bonchev–Trinajstić information content (AvgIpc) is 2.76. The fraction of sp³-hybridized carbons (Fsp3) is 0.400. The van der Waals surface area contributed by atoms with Crippen LogP contribution in [0.1, 0.15) is 18.9 Å². The van der Waals surface area contributed by atoms with Crippen LogP contribution in [0.3, 0.4) is 0 Å². The fourth-order valence-electron chi connectivity index (χ4n) is 2.05. The van der Waals surface area contributed by atoms with Crippen molar-refractivity contribution in [3.05, 3.63) is 40.9 Å². The minimum atomic E-state index is -0.968. The second kappa shape index (κ2) is 6.39. The molecule has 1 saturated heterocycles. The first-order valence-corrected chi connectivity index (χ1v) is 6.93. The monoisotopic (exact) mass is 295 g/mol. The Morgan fingerprint density at radius 2 is 2.25 bits per heavy atom. The number of ether oxygens (including phenoxy) is 1. The van der Waals surface area contributed by atoms with Gasteiger partial charge in [0.2, 0.25) is 5.91 Å². The SMILES string of the molecule is CC1OCCC1(O)CNC(=O)/C=C/c1ccc(Cl)cc1. The van der Waals surface area contributed by atoms with Crippen LogP contribution in [-0.4, -0.2) is 35.9 Å². The second-order valence-corrected chi connectivity index (χ2v) is 5.41. The van der Waals surface area contributed by atoms with Crippen molar-refractivity contribution in [3.8, 4) is 0 Å². The molecular formula is C15H18ClNO3. The Kier molecular flexibility index (Phi) is 4.81. The zero-order valence-electron chi connectivity index (χ0n) is 11.3. The van der Waals surface area contributed by atoms with Gasteiger partial charge < -0.3 is 15.2 Å². The molecule has 1 heterocycles. The van der Waals surface area contributed by atoms with Crippen molar-refractivity contribution >= 4 is 23.6 Å². The number of halogens is 1. The lowest BCUT2D eigenvalue weighted by Crippen LogP contribution is -2.47. The molecule has 0 radical (unpaired) electrons. The predicted octanol–water partition coefficient (Wildman–Crippen LogP) is 2.01. The standard InChI is InChI=1S/C15H18ClNO3/c1-11-15(19,8-9-20-11)10-17-14(18)7-4-12-2-5-13(16)6-3-12/h2-7,11,19H,8-10H2,1H3,(H,17,18)/b7-4+. The number of benzene rings is 1. The number of aliphatic hydroxyl groups is 1. The highest BCUT2D eigenvalue weighted by atomic mass is 35.5. The van der Waals surface area contributed by atoms with Crippen LogP contribution in [0.25, 0.3) is 6.08 Å². The molecule has 1 aliphatic rings. The van der Waals surface area contributed by atoms with E-state index in [1.54, 1.807) is 18.2 Å². The third kappa shape index (κ3) is 3.82. The van der Waals surface area contributed by atoms with E-state index in [9.17, 15) is 9.90 Å². The molecule has 20 heavy (non-hydrogen) atoms. The van der Waals surface area contributed by atoms with E-state index in [2.05, 4.69) is 5.32 Å². The molecule has 2 unspecified atom stereocenters. The van der Waals surface area contributed by atoms with Gasteiger partial charge in [-0.1, -0.05) is 23.7 Å². The highest BCUT2D eigenvalue weighted by Gasteiger charge is 2.39. The van der Waals surface area contributed by atoms with Crippen molar-refractivity contribution in [2.75, 3.05) is 13.2 Å². The van der Waals surface area contributed by atoms with Crippen molar-refractivity contribution in [1.29, 1.82) is 0 Å². The van der Waals surface area contributed by atoms with Gasteiger partial charge in [-0.3, -0.25) is 4.79 Å². The molecule has 0 saturated carbocycles. The van der Waals surface area contributed by atoms with Crippen LogP contribution in [0.4, 0.5) is 0 Å². The summed E-state index contributed by atoms with van der Waals surface area (Å²) in [5.41, 5.74) is -0.0788. The molecule has 1 fully saturated rings. The van der Waals surface area contributed by atoms with Crippen molar-refractivity contribution in [1.82, 2.24) is 5.32 Å². The number of amides is 1. The third-order valence-electron chi connectivity index (χ3n) is 3.53. The van der Waals surface area contributed by atoms with Gasteiger partial charge in [-0.05, 0) is 30.7 Å². The summed E-state index contributed by atoms with van der Waals surface area (Å²) in [4.78, 5) is 11.7. The lowest BCUT2D eigenvalue weighted by molar-refractivity contribution is -0.118. The number of hydrogen-bond donors (Lipinski definition) is 2. The van der Waals surface area contributed by atoms with Crippen molar-refractivity contribution in [2.24, 2.45) is 0 Å². The molecule has 0 bridgehead atoms. The van der Waals surface area contributed by atoms with E-state index in [4.69, 9.17) is 16.3 Å². The van der Waals surface area contributed by atoms with E-state index < -0.39 is 5.60 Å². The Morgan fingerprint density at radius 1 is 1.55 bits per heavy atom. The van der Waals surface area contributed by atoms with E-state index in [0.29, 0.717) is 18.1 Å². The number of nitrogens with one attached hydrogen (secondary N) is 1. The highest BCUT2D eigenvalue weighted by molar-refractivity contribution is 6.30. The molecule has 108 valence electrons. The largest absolute Gasteiger partial charge is 0.385 e. The summed E-state index contributed by atoms with van der Waals surface area (Å²) < 4.78 is 5.31. The zero-order chi connectivity index (χ0) is 14.6. The third-order valence-corrected chi connectivity index (χ3v) is 3.78. The average molecular weight is 296 g/mol. The molecule has 1 aromatic carbocycles. The Hall–Kier alpha value is -1.36. The topological polar surface area (TPSA) is 58.6 Å². The maximum absolute atomic E-state index is 11.7. The lowest BCUT2D eigenvalue weighted by atomic mass is 9.97. The first-order valence-electron chi connectivity index (χ1n) is 6.55. The molecule has 1 aromatic rings. The number of carbonyl (C=O) groups excluding carboxylic acids is 1. The van der Waals surface area contributed by atoms with Gasteiger partial charge in [0.15, 0.2) is 0 Å². The molecule has 1 amide bonds. The summed E-state index contributed by atoms with van der Waals surface area (Å²) in [5, 5.41) is 13.6. The molecule has 0 aromatic heterocycles. The molecule has 5 heteroatoms.